The molecular weight excluding hydrogens is 376 g/mol. The van der Waals surface area contributed by atoms with Gasteiger partial charge in [0.05, 0.1) is 21.3 Å². The van der Waals surface area contributed by atoms with E-state index in [2.05, 4.69) is 10.3 Å². The average Bonchev–Trinajstić information content (AvgIpc) is 3.26. The fourth-order valence-electron chi connectivity index (χ4n) is 3.04. The van der Waals surface area contributed by atoms with Gasteiger partial charge in [0.25, 0.3) is 5.91 Å². The van der Waals surface area contributed by atoms with Crippen LogP contribution in [0.2, 0.25) is 0 Å². The van der Waals surface area contributed by atoms with Crippen molar-refractivity contribution in [2.24, 2.45) is 0 Å². The van der Waals surface area contributed by atoms with Gasteiger partial charge >= 0.3 is 6.03 Å². The number of benzene rings is 1. The first kappa shape index (κ1) is 20.2. The number of rotatable bonds is 6. The molecule has 0 radical (unpaired) electrons. The molecule has 0 spiro atoms. The van der Waals surface area contributed by atoms with E-state index in [9.17, 15) is 9.59 Å². The molecule has 154 valence electrons. The van der Waals surface area contributed by atoms with Crippen LogP contribution < -0.4 is 19.5 Å². The molecule has 0 saturated carbocycles. The Balaban J connectivity index is 1.68. The van der Waals surface area contributed by atoms with Crippen LogP contribution in [0.25, 0.3) is 0 Å². The smallest absolute Gasteiger partial charge is 0.336 e. The predicted molar refractivity (Wildman–Crippen MR) is 105 cm³/mol. The average molecular weight is 400 g/mol. The summed E-state index contributed by atoms with van der Waals surface area (Å²) in [5.41, 5.74) is 1.19. The summed E-state index contributed by atoms with van der Waals surface area (Å²) in [5.74, 6) is 0.890. The molecule has 9 nitrogen and oxygen atoms in total. The number of urea groups is 1. The summed E-state index contributed by atoms with van der Waals surface area (Å²) in [7, 11) is 4.52. The van der Waals surface area contributed by atoms with Gasteiger partial charge < -0.3 is 19.5 Å². The summed E-state index contributed by atoms with van der Waals surface area (Å²) in [6.45, 7) is 1.23. The van der Waals surface area contributed by atoms with Gasteiger partial charge in [-0.25, -0.2) is 14.8 Å². The fraction of sp³-hybridized carbons (Fsp3) is 0.350. The summed E-state index contributed by atoms with van der Waals surface area (Å²) in [5, 5.41) is 5.67. The van der Waals surface area contributed by atoms with Crippen LogP contribution in [0, 0.1) is 0 Å². The first-order chi connectivity index (χ1) is 14.1. The number of pyridine rings is 1. The molecule has 1 aliphatic rings. The minimum atomic E-state index is -0.353. The minimum Gasteiger partial charge on any atom is -0.497 e. The fourth-order valence-corrected chi connectivity index (χ4v) is 3.04. The molecule has 3 amide bonds. The van der Waals surface area contributed by atoms with E-state index in [1.807, 2.05) is 24.3 Å². The lowest BCUT2D eigenvalue weighted by Gasteiger charge is -2.28. The molecule has 1 fully saturated rings. The van der Waals surface area contributed by atoms with Crippen molar-refractivity contribution in [3.63, 3.8) is 0 Å². The number of methoxy groups -OCH3 is 3. The first-order valence-electron chi connectivity index (χ1n) is 9.16. The van der Waals surface area contributed by atoms with Crippen molar-refractivity contribution in [1.82, 2.24) is 20.3 Å². The Morgan fingerprint density at radius 2 is 1.69 bits per heavy atom. The molecule has 1 aromatic carbocycles. The van der Waals surface area contributed by atoms with E-state index in [1.165, 1.54) is 24.2 Å². The summed E-state index contributed by atoms with van der Waals surface area (Å²) in [4.78, 5) is 29.8. The molecule has 0 aliphatic carbocycles. The molecule has 1 aliphatic heterocycles. The largest absolute Gasteiger partial charge is 0.497 e. The number of nitrogens with zero attached hydrogens (tertiary/aromatic N) is 3. The highest BCUT2D eigenvalue weighted by Crippen LogP contribution is 2.24. The van der Waals surface area contributed by atoms with Crippen molar-refractivity contribution < 1.29 is 23.8 Å². The second kappa shape index (κ2) is 9.13. The molecule has 9 heteroatoms. The molecule has 1 saturated heterocycles. The molecule has 0 atom stereocenters. The molecule has 0 bridgehead atoms. The van der Waals surface area contributed by atoms with E-state index >= 15 is 0 Å². The second-order valence-corrected chi connectivity index (χ2v) is 6.32. The molecule has 2 aromatic rings. The summed E-state index contributed by atoms with van der Waals surface area (Å²) >= 11 is 0. The Morgan fingerprint density at radius 1 is 0.966 bits per heavy atom. The Bertz CT molecular complexity index is 872. The molecule has 3 rings (SSSR count). The van der Waals surface area contributed by atoms with Crippen LogP contribution in [-0.2, 0) is 6.54 Å². The Kier molecular flexibility index (Phi) is 6.38. The van der Waals surface area contributed by atoms with Crippen LogP contribution in [0.5, 0.6) is 17.5 Å². The standard InChI is InChI=1S/C20H24N4O5/c1-27-15-7-5-14(6-8-15)13-21-20(26)24-12-4-11-23(24)19(25)16-9-10-17(28-2)22-18(16)29-3/h5-10H,4,11-13H2,1-3H3,(H,21,26). The number of hydrazine groups is 1. The second-order valence-electron chi connectivity index (χ2n) is 6.32. The highest BCUT2D eigenvalue weighted by atomic mass is 16.5. The van der Waals surface area contributed by atoms with Crippen LogP contribution >= 0.6 is 0 Å². The number of nitrogens with one attached hydrogen (secondary N) is 1. The molecular formula is C20H24N4O5. The van der Waals surface area contributed by atoms with Gasteiger partial charge in [0.1, 0.15) is 11.3 Å². The van der Waals surface area contributed by atoms with Crippen molar-refractivity contribution in [2.75, 3.05) is 34.4 Å². The van der Waals surface area contributed by atoms with Crippen LogP contribution in [-0.4, -0.2) is 61.4 Å². The van der Waals surface area contributed by atoms with Crippen molar-refractivity contribution in [1.29, 1.82) is 0 Å². The van der Waals surface area contributed by atoms with E-state index in [4.69, 9.17) is 14.2 Å². The topological polar surface area (TPSA) is 93.2 Å². The van der Waals surface area contributed by atoms with Gasteiger partial charge in [-0.2, -0.15) is 4.98 Å². The third-order valence-corrected chi connectivity index (χ3v) is 4.57. The number of aromatic nitrogens is 1. The quantitative estimate of drug-likeness (QED) is 0.798. The van der Waals surface area contributed by atoms with E-state index in [0.717, 1.165) is 11.3 Å². The number of carbonyl (C=O) groups is 2. The van der Waals surface area contributed by atoms with Crippen molar-refractivity contribution in [3.05, 3.63) is 47.5 Å². The highest BCUT2D eigenvalue weighted by molar-refractivity contribution is 5.97. The van der Waals surface area contributed by atoms with Crippen LogP contribution in [0.1, 0.15) is 22.3 Å². The summed E-state index contributed by atoms with van der Waals surface area (Å²) < 4.78 is 15.4. The van der Waals surface area contributed by atoms with Gasteiger partial charge in [0.15, 0.2) is 0 Å². The van der Waals surface area contributed by atoms with Crippen LogP contribution in [0.15, 0.2) is 36.4 Å². The van der Waals surface area contributed by atoms with E-state index in [-0.39, 0.29) is 23.4 Å². The van der Waals surface area contributed by atoms with Gasteiger partial charge in [-0.3, -0.25) is 4.79 Å². The van der Waals surface area contributed by atoms with E-state index < -0.39 is 0 Å². The lowest BCUT2D eigenvalue weighted by molar-refractivity contribution is 0.0372. The summed E-state index contributed by atoms with van der Waals surface area (Å²) in [6, 6.07) is 10.2. The molecule has 1 aromatic heterocycles. The lowest BCUT2D eigenvalue weighted by atomic mass is 10.2. The van der Waals surface area contributed by atoms with E-state index in [1.54, 1.807) is 19.2 Å². The zero-order valence-electron chi connectivity index (χ0n) is 16.7. The minimum absolute atomic E-state index is 0.153. The highest BCUT2D eigenvalue weighted by Gasteiger charge is 2.33. The van der Waals surface area contributed by atoms with Crippen LogP contribution in [0.3, 0.4) is 0 Å². The first-order valence-corrected chi connectivity index (χ1v) is 9.16. The molecule has 1 N–H and O–H groups in total. The molecule has 2 heterocycles. The maximum absolute atomic E-state index is 13.0. The maximum atomic E-state index is 13.0. The Hall–Kier alpha value is -3.49. The number of ether oxygens (including phenoxy) is 3. The monoisotopic (exact) mass is 400 g/mol. The normalized spacial score (nSPS) is 13.2. The lowest BCUT2D eigenvalue weighted by Crippen LogP contribution is -2.49. The zero-order valence-corrected chi connectivity index (χ0v) is 16.7. The third-order valence-electron chi connectivity index (χ3n) is 4.57. The van der Waals surface area contributed by atoms with Crippen LogP contribution in [0.4, 0.5) is 4.79 Å². The number of hydrogen-bond donors (Lipinski definition) is 1. The SMILES string of the molecule is COc1ccc(CNC(=O)N2CCCN2C(=O)c2ccc(OC)nc2OC)cc1. The van der Waals surface area contributed by atoms with Gasteiger partial charge in [-0.1, -0.05) is 12.1 Å². The van der Waals surface area contributed by atoms with Crippen molar-refractivity contribution >= 4 is 11.9 Å². The molecule has 0 unspecified atom stereocenters. The predicted octanol–water partition coefficient (Wildman–Crippen LogP) is 2.08. The van der Waals surface area contributed by atoms with E-state index in [0.29, 0.717) is 31.9 Å². The Labute approximate surface area is 169 Å². The van der Waals surface area contributed by atoms with Gasteiger partial charge in [-0.05, 0) is 30.2 Å². The Morgan fingerprint density at radius 3 is 2.34 bits per heavy atom. The van der Waals surface area contributed by atoms with Crippen molar-refractivity contribution in [3.8, 4) is 17.5 Å². The number of amides is 3. The number of carbonyl (C=O) groups excluding carboxylic acids is 2. The summed E-state index contributed by atoms with van der Waals surface area (Å²) in [6.07, 6.45) is 0.688. The zero-order chi connectivity index (χ0) is 20.8. The third kappa shape index (κ3) is 4.50. The van der Waals surface area contributed by atoms with Gasteiger partial charge in [-0.15, -0.1) is 0 Å². The molecule has 29 heavy (non-hydrogen) atoms. The van der Waals surface area contributed by atoms with Crippen molar-refractivity contribution in [2.45, 2.75) is 13.0 Å². The number of hydrogen-bond acceptors (Lipinski definition) is 6. The van der Waals surface area contributed by atoms with Gasteiger partial charge in [0, 0.05) is 25.7 Å². The van der Waals surface area contributed by atoms with Gasteiger partial charge in [0.2, 0.25) is 11.8 Å². The maximum Gasteiger partial charge on any atom is 0.336 e.